The van der Waals surface area contributed by atoms with Crippen molar-refractivity contribution in [2.24, 2.45) is 0 Å². The van der Waals surface area contributed by atoms with Crippen LogP contribution >= 0.6 is 15.9 Å². The highest BCUT2D eigenvalue weighted by molar-refractivity contribution is 9.10. The third-order valence-electron chi connectivity index (χ3n) is 1.89. The third kappa shape index (κ3) is 3.50. The van der Waals surface area contributed by atoms with Gasteiger partial charge in [0.1, 0.15) is 0 Å². The molecule has 1 aromatic carbocycles. The minimum atomic E-state index is -4.38. The number of halogens is 4. The molecule has 0 fully saturated rings. The predicted octanol–water partition coefficient (Wildman–Crippen LogP) is 3.39. The molecule has 0 aliphatic heterocycles. The molecule has 0 spiro atoms. The summed E-state index contributed by atoms with van der Waals surface area (Å²) < 4.78 is 38.1. The van der Waals surface area contributed by atoms with Gasteiger partial charge in [-0.3, -0.25) is 0 Å². The van der Waals surface area contributed by atoms with Gasteiger partial charge < -0.3 is 5.11 Å². The molecular formula is C10H10BrF3O. The fourth-order valence-electron chi connectivity index (χ4n) is 1.31. The minimum Gasteiger partial charge on any atom is -0.393 e. The van der Waals surface area contributed by atoms with E-state index in [0.717, 1.165) is 6.07 Å². The summed E-state index contributed by atoms with van der Waals surface area (Å²) in [7, 11) is 0. The number of rotatable bonds is 2. The number of hydrogen-bond donors (Lipinski definition) is 1. The minimum absolute atomic E-state index is 0.00211. The van der Waals surface area contributed by atoms with E-state index < -0.39 is 17.8 Å². The molecule has 15 heavy (non-hydrogen) atoms. The predicted molar refractivity (Wildman–Crippen MR) is 54.5 cm³/mol. The lowest BCUT2D eigenvalue weighted by Crippen LogP contribution is -2.13. The second-order valence-corrected chi connectivity index (χ2v) is 4.27. The van der Waals surface area contributed by atoms with E-state index in [1.807, 2.05) is 0 Å². The molecule has 0 aliphatic rings. The zero-order chi connectivity index (χ0) is 11.6. The topological polar surface area (TPSA) is 20.2 Å². The van der Waals surface area contributed by atoms with Crippen LogP contribution in [0.15, 0.2) is 22.7 Å². The van der Waals surface area contributed by atoms with Gasteiger partial charge in [-0.2, -0.15) is 13.2 Å². The maximum atomic E-state index is 12.6. The Hall–Kier alpha value is -0.550. The standard InChI is InChI=1S/C10H10BrF3O/c1-6(15)4-7-2-3-8(11)5-9(7)10(12,13)14/h2-3,5-6,15H,4H2,1H3. The van der Waals surface area contributed by atoms with E-state index in [1.165, 1.54) is 19.1 Å². The van der Waals surface area contributed by atoms with Crippen LogP contribution < -0.4 is 0 Å². The molecule has 0 bridgehead atoms. The van der Waals surface area contributed by atoms with Crippen molar-refractivity contribution in [1.29, 1.82) is 0 Å². The number of alkyl halides is 3. The van der Waals surface area contributed by atoms with E-state index in [4.69, 9.17) is 5.11 Å². The Labute approximate surface area is 94.0 Å². The Bertz CT molecular complexity index is 347. The molecular weight excluding hydrogens is 273 g/mol. The molecule has 0 saturated heterocycles. The summed E-state index contributed by atoms with van der Waals surface area (Å²) in [6.45, 7) is 1.46. The first kappa shape index (κ1) is 12.5. The van der Waals surface area contributed by atoms with Crippen LogP contribution in [-0.2, 0) is 12.6 Å². The van der Waals surface area contributed by atoms with E-state index in [-0.39, 0.29) is 12.0 Å². The van der Waals surface area contributed by atoms with Gasteiger partial charge in [0.05, 0.1) is 11.7 Å². The average Bonchev–Trinajstić information content (AvgIpc) is 2.05. The van der Waals surface area contributed by atoms with E-state index in [2.05, 4.69) is 15.9 Å². The number of aliphatic hydroxyl groups excluding tert-OH is 1. The Morgan fingerprint density at radius 3 is 2.47 bits per heavy atom. The fraction of sp³-hybridized carbons (Fsp3) is 0.400. The van der Waals surface area contributed by atoms with Crippen LogP contribution in [0.1, 0.15) is 18.1 Å². The molecule has 0 heterocycles. The summed E-state index contributed by atoms with van der Waals surface area (Å²) in [6, 6.07) is 3.93. The molecule has 1 rings (SSSR count). The van der Waals surface area contributed by atoms with Gasteiger partial charge in [-0.05, 0) is 31.0 Å². The van der Waals surface area contributed by atoms with E-state index in [9.17, 15) is 13.2 Å². The van der Waals surface area contributed by atoms with E-state index in [1.54, 1.807) is 0 Å². The Balaban J connectivity index is 3.15. The third-order valence-corrected chi connectivity index (χ3v) is 2.39. The molecule has 0 aliphatic carbocycles. The fourth-order valence-corrected chi connectivity index (χ4v) is 1.67. The Morgan fingerprint density at radius 2 is 2.00 bits per heavy atom. The van der Waals surface area contributed by atoms with Crippen molar-refractivity contribution in [2.75, 3.05) is 0 Å². The van der Waals surface area contributed by atoms with Crippen LogP contribution in [0.4, 0.5) is 13.2 Å². The van der Waals surface area contributed by atoms with Crippen molar-refractivity contribution in [3.05, 3.63) is 33.8 Å². The van der Waals surface area contributed by atoms with Gasteiger partial charge >= 0.3 is 6.18 Å². The Morgan fingerprint density at radius 1 is 1.40 bits per heavy atom. The first-order valence-corrected chi connectivity index (χ1v) is 5.13. The van der Waals surface area contributed by atoms with Gasteiger partial charge in [-0.1, -0.05) is 22.0 Å². The smallest absolute Gasteiger partial charge is 0.393 e. The lowest BCUT2D eigenvalue weighted by Gasteiger charge is -2.14. The molecule has 0 saturated carbocycles. The van der Waals surface area contributed by atoms with Crippen molar-refractivity contribution < 1.29 is 18.3 Å². The van der Waals surface area contributed by atoms with Crippen LogP contribution in [0, 0.1) is 0 Å². The number of benzene rings is 1. The molecule has 1 nitrogen and oxygen atoms in total. The zero-order valence-electron chi connectivity index (χ0n) is 7.98. The number of hydrogen-bond acceptors (Lipinski definition) is 1. The molecule has 1 N–H and O–H groups in total. The van der Waals surface area contributed by atoms with Crippen LogP contribution in [0.5, 0.6) is 0 Å². The summed E-state index contributed by atoms with van der Waals surface area (Å²) in [5, 5.41) is 9.09. The molecule has 0 radical (unpaired) electrons. The highest BCUT2D eigenvalue weighted by Gasteiger charge is 2.33. The Kier molecular flexibility index (Phi) is 3.78. The summed E-state index contributed by atoms with van der Waals surface area (Å²) in [6.07, 6.45) is -5.16. The van der Waals surface area contributed by atoms with Crippen LogP contribution in [0.2, 0.25) is 0 Å². The van der Waals surface area contributed by atoms with E-state index in [0.29, 0.717) is 4.47 Å². The first-order chi connectivity index (χ1) is 6.80. The maximum absolute atomic E-state index is 12.6. The van der Waals surface area contributed by atoms with E-state index >= 15 is 0 Å². The van der Waals surface area contributed by atoms with Crippen molar-refractivity contribution in [2.45, 2.75) is 25.6 Å². The zero-order valence-corrected chi connectivity index (χ0v) is 9.56. The number of aliphatic hydroxyl groups is 1. The maximum Gasteiger partial charge on any atom is 0.416 e. The second kappa shape index (κ2) is 4.53. The quantitative estimate of drug-likeness (QED) is 0.882. The lowest BCUT2D eigenvalue weighted by atomic mass is 10.0. The molecule has 1 unspecified atom stereocenters. The van der Waals surface area contributed by atoms with Gasteiger partial charge in [0.25, 0.3) is 0 Å². The monoisotopic (exact) mass is 282 g/mol. The molecule has 5 heteroatoms. The van der Waals surface area contributed by atoms with Crippen LogP contribution in [0.25, 0.3) is 0 Å². The summed E-state index contributed by atoms with van der Waals surface area (Å²) in [5.41, 5.74) is -0.585. The molecule has 84 valence electrons. The van der Waals surface area contributed by atoms with Crippen LogP contribution in [-0.4, -0.2) is 11.2 Å². The highest BCUT2D eigenvalue weighted by Crippen LogP contribution is 2.34. The summed E-state index contributed by atoms with van der Waals surface area (Å²) in [5.74, 6) is 0. The summed E-state index contributed by atoms with van der Waals surface area (Å²) >= 11 is 2.99. The van der Waals surface area contributed by atoms with Crippen molar-refractivity contribution in [1.82, 2.24) is 0 Å². The van der Waals surface area contributed by atoms with Crippen molar-refractivity contribution >= 4 is 15.9 Å². The SMILES string of the molecule is CC(O)Cc1ccc(Br)cc1C(F)(F)F. The largest absolute Gasteiger partial charge is 0.416 e. The van der Waals surface area contributed by atoms with Gasteiger partial charge in [0.15, 0.2) is 0 Å². The normalized spacial score (nSPS) is 14.0. The molecule has 1 aromatic rings. The van der Waals surface area contributed by atoms with Gasteiger partial charge in [0, 0.05) is 4.47 Å². The van der Waals surface area contributed by atoms with Crippen molar-refractivity contribution in [3.63, 3.8) is 0 Å². The van der Waals surface area contributed by atoms with Crippen LogP contribution in [0.3, 0.4) is 0 Å². The second-order valence-electron chi connectivity index (χ2n) is 3.35. The first-order valence-electron chi connectivity index (χ1n) is 4.34. The summed E-state index contributed by atoms with van der Waals surface area (Å²) in [4.78, 5) is 0. The molecule has 0 amide bonds. The van der Waals surface area contributed by atoms with Crippen molar-refractivity contribution in [3.8, 4) is 0 Å². The van der Waals surface area contributed by atoms with Gasteiger partial charge in [-0.15, -0.1) is 0 Å². The lowest BCUT2D eigenvalue weighted by molar-refractivity contribution is -0.138. The van der Waals surface area contributed by atoms with Gasteiger partial charge in [-0.25, -0.2) is 0 Å². The molecule has 1 atom stereocenters. The highest BCUT2D eigenvalue weighted by atomic mass is 79.9. The average molecular weight is 283 g/mol. The van der Waals surface area contributed by atoms with Gasteiger partial charge in [0.2, 0.25) is 0 Å². The molecule has 0 aromatic heterocycles.